The summed E-state index contributed by atoms with van der Waals surface area (Å²) in [5, 5.41) is 9.78. The van der Waals surface area contributed by atoms with Crippen LogP contribution in [0.4, 0.5) is 18.0 Å². The Hall–Kier alpha value is -3.29. The van der Waals surface area contributed by atoms with Crippen LogP contribution < -0.4 is 4.74 Å². The number of carboxylic acid groups (broad SMARTS) is 1. The number of aliphatic carboxylic acids is 1. The van der Waals surface area contributed by atoms with Gasteiger partial charge >= 0.3 is 18.2 Å². The first-order valence-corrected chi connectivity index (χ1v) is 15.9. The number of halogens is 3. The number of aromatic nitrogens is 1. The van der Waals surface area contributed by atoms with E-state index >= 15 is 0 Å². The molecule has 1 aliphatic heterocycles. The zero-order valence-corrected chi connectivity index (χ0v) is 26.9. The van der Waals surface area contributed by atoms with Gasteiger partial charge in [0, 0.05) is 53.8 Å². The molecule has 1 aromatic heterocycles. The number of aryl methyl sites for hydroxylation is 1. The lowest BCUT2D eigenvalue weighted by Crippen LogP contribution is -2.49. The van der Waals surface area contributed by atoms with Gasteiger partial charge in [-0.1, -0.05) is 12.1 Å². The van der Waals surface area contributed by atoms with E-state index in [2.05, 4.69) is 4.90 Å². The van der Waals surface area contributed by atoms with Crippen LogP contribution in [0.1, 0.15) is 49.4 Å². The number of piperazine rings is 1. The number of carbonyl (C=O) groups excluding carboxylic acids is 1. The highest BCUT2D eigenvalue weighted by Gasteiger charge is 2.30. The summed E-state index contributed by atoms with van der Waals surface area (Å²) in [6.07, 6.45) is -5.72. The Morgan fingerprint density at radius 2 is 1.73 bits per heavy atom. The lowest BCUT2D eigenvalue weighted by atomic mass is 10.1. The number of amides is 1. The third-order valence-electron chi connectivity index (χ3n) is 6.80. The van der Waals surface area contributed by atoms with E-state index in [0.717, 1.165) is 33.2 Å². The summed E-state index contributed by atoms with van der Waals surface area (Å²) < 4.78 is 50.4. The predicted molar refractivity (Wildman–Crippen MR) is 164 cm³/mol. The second-order valence-corrected chi connectivity index (χ2v) is 13.7. The number of ether oxygens (including phenoxy) is 2. The van der Waals surface area contributed by atoms with Gasteiger partial charge in [-0.25, -0.2) is 14.6 Å². The Kier molecular flexibility index (Phi) is 10.5. The molecular formula is C31H36F3N3O5S2. The van der Waals surface area contributed by atoms with Crippen LogP contribution in [-0.2, 0) is 28.0 Å². The molecule has 1 atom stereocenters. The van der Waals surface area contributed by atoms with Crippen LogP contribution in [-0.4, -0.2) is 69.8 Å². The van der Waals surface area contributed by atoms with Gasteiger partial charge in [0.1, 0.15) is 16.4 Å². The van der Waals surface area contributed by atoms with Crippen LogP contribution in [0.25, 0.3) is 10.6 Å². The van der Waals surface area contributed by atoms with E-state index in [1.165, 1.54) is 30.4 Å². The molecule has 238 valence electrons. The number of benzene rings is 2. The number of hydrogen-bond donors (Lipinski definition) is 1. The molecule has 44 heavy (non-hydrogen) atoms. The van der Waals surface area contributed by atoms with Gasteiger partial charge in [0.25, 0.3) is 0 Å². The van der Waals surface area contributed by atoms with Gasteiger partial charge in [0.05, 0.1) is 11.3 Å². The van der Waals surface area contributed by atoms with Gasteiger partial charge in [-0.3, -0.25) is 4.90 Å². The fourth-order valence-corrected chi connectivity index (χ4v) is 6.58. The summed E-state index contributed by atoms with van der Waals surface area (Å²) in [5.74, 6) is 0.0324. The number of thioether (sulfide) groups is 1. The van der Waals surface area contributed by atoms with Crippen LogP contribution in [0, 0.1) is 6.92 Å². The van der Waals surface area contributed by atoms with Crippen LogP contribution in [0.5, 0.6) is 5.75 Å². The number of thiazole rings is 1. The van der Waals surface area contributed by atoms with Crippen molar-refractivity contribution in [3.63, 3.8) is 0 Å². The molecule has 4 rings (SSSR count). The van der Waals surface area contributed by atoms with Crippen LogP contribution in [0.3, 0.4) is 0 Å². The van der Waals surface area contributed by atoms with Crippen molar-refractivity contribution in [3.05, 3.63) is 64.2 Å². The molecule has 1 aliphatic rings. The van der Waals surface area contributed by atoms with E-state index in [4.69, 9.17) is 19.6 Å². The number of nitrogens with zero attached hydrogens (tertiary/aromatic N) is 3. The minimum atomic E-state index is -4.42. The van der Waals surface area contributed by atoms with Crippen molar-refractivity contribution in [1.82, 2.24) is 14.8 Å². The van der Waals surface area contributed by atoms with Crippen molar-refractivity contribution in [1.29, 1.82) is 0 Å². The standard InChI is InChI=1S/C31H36F3N3O5S2/c1-19-16-23(10-11-25(19)41-20(2)28(38)39)43-18-26-24(17-36-12-14-37(15-13-36)29(40)42-30(3,4)5)35-27(44-26)21-6-8-22(9-7-21)31(32,33)34/h6-11,16,20H,12-15,17-18H2,1-5H3,(H,38,39). The molecule has 1 fully saturated rings. The van der Waals surface area contributed by atoms with E-state index in [1.54, 1.807) is 22.7 Å². The minimum Gasteiger partial charge on any atom is -0.479 e. The largest absolute Gasteiger partial charge is 0.479 e. The summed E-state index contributed by atoms with van der Waals surface area (Å²) >= 11 is 3.03. The zero-order valence-electron chi connectivity index (χ0n) is 25.2. The summed E-state index contributed by atoms with van der Waals surface area (Å²) in [6, 6.07) is 10.6. The van der Waals surface area contributed by atoms with Gasteiger partial charge in [-0.15, -0.1) is 23.1 Å². The molecule has 0 radical (unpaired) electrons. The molecule has 1 unspecified atom stereocenters. The maximum Gasteiger partial charge on any atom is 0.416 e. The molecule has 1 amide bonds. The van der Waals surface area contributed by atoms with Gasteiger partial charge in [0.15, 0.2) is 6.10 Å². The summed E-state index contributed by atoms with van der Waals surface area (Å²) in [7, 11) is 0. The first-order chi connectivity index (χ1) is 20.6. The highest BCUT2D eigenvalue weighted by molar-refractivity contribution is 7.98. The summed E-state index contributed by atoms with van der Waals surface area (Å²) in [6.45, 7) is 11.7. The fraction of sp³-hybridized carbons (Fsp3) is 0.452. The van der Waals surface area contributed by atoms with Gasteiger partial charge in [-0.2, -0.15) is 13.2 Å². The molecule has 0 saturated carbocycles. The average molecular weight is 652 g/mol. The van der Waals surface area contributed by atoms with Gasteiger partial charge < -0.3 is 19.5 Å². The van der Waals surface area contributed by atoms with Crippen LogP contribution >= 0.6 is 23.1 Å². The predicted octanol–water partition coefficient (Wildman–Crippen LogP) is 7.33. The van der Waals surface area contributed by atoms with Crippen molar-refractivity contribution < 1.29 is 37.3 Å². The van der Waals surface area contributed by atoms with Crippen LogP contribution in [0.15, 0.2) is 47.4 Å². The van der Waals surface area contributed by atoms with Crippen molar-refractivity contribution in [3.8, 4) is 16.3 Å². The maximum absolute atomic E-state index is 13.1. The first-order valence-electron chi connectivity index (χ1n) is 14.1. The third-order valence-corrected chi connectivity index (χ3v) is 9.15. The minimum absolute atomic E-state index is 0.336. The Labute approximate surface area is 263 Å². The average Bonchev–Trinajstić information content (AvgIpc) is 3.34. The molecule has 3 aromatic rings. The molecule has 8 nitrogen and oxygen atoms in total. The van der Waals surface area contributed by atoms with Crippen molar-refractivity contribution in [2.24, 2.45) is 0 Å². The number of alkyl halides is 3. The van der Waals surface area contributed by atoms with Gasteiger partial charge in [-0.05, 0) is 70.5 Å². The summed E-state index contributed by atoms with van der Waals surface area (Å²) in [5.41, 5.74) is 0.979. The molecule has 1 N–H and O–H groups in total. The van der Waals surface area contributed by atoms with Crippen LogP contribution in [0.2, 0.25) is 0 Å². The molecule has 0 spiro atoms. The molecular weight excluding hydrogens is 615 g/mol. The molecule has 0 bridgehead atoms. The Morgan fingerprint density at radius 3 is 2.30 bits per heavy atom. The quantitative estimate of drug-likeness (QED) is 0.241. The van der Waals surface area contributed by atoms with E-state index in [1.807, 2.05) is 39.8 Å². The highest BCUT2D eigenvalue weighted by Crippen LogP contribution is 2.36. The van der Waals surface area contributed by atoms with E-state index in [9.17, 15) is 22.8 Å². The normalized spacial score (nSPS) is 15.2. The van der Waals surface area contributed by atoms with Crippen molar-refractivity contribution in [2.75, 3.05) is 26.2 Å². The highest BCUT2D eigenvalue weighted by atomic mass is 32.2. The van der Waals surface area contributed by atoms with E-state index in [0.29, 0.717) is 54.8 Å². The van der Waals surface area contributed by atoms with E-state index in [-0.39, 0.29) is 6.09 Å². The smallest absolute Gasteiger partial charge is 0.416 e. The zero-order chi connectivity index (χ0) is 32.2. The third kappa shape index (κ3) is 9.12. The van der Waals surface area contributed by atoms with Crippen molar-refractivity contribution in [2.45, 2.75) is 69.7 Å². The monoisotopic (exact) mass is 651 g/mol. The Morgan fingerprint density at radius 1 is 1.07 bits per heavy atom. The second kappa shape index (κ2) is 13.8. The van der Waals surface area contributed by atoms with Crippen molar-refractivity contribution >= 4 is 35.2 Å². The Bertz CT molecular complexity index is 1460. The first kappa shape index (κ1) is 33.6. The molecule has 13 heteroatoms. The molecule has 0 aliphatic carbocycles. The molecule has 1 saturated heterocycles. The van der Waals surface area contributed by atoms with E-state index < -0.39 is 29.4 Å². The maximum atomic E-state index is 13.1. The number of rotatable bonds is 9. The summed E-state index contributed by atoms with van der Waals surface area (Å²) in [4.78, 5) is 34.4. The second-order valence-electron chi connectivity index (χ2n) is 11.5. The lowest BCUT2D eigenvalue weighted by Gasteiger charge is -2.35. The van der Waals surface area contributed by atoms with Gasteiger partial charge in [0.2, 0.25) is 0 Å². The number of carbonyl (C=O) groups is 2. The molecule has 2 heterocycles. The Balaban J connectivity index is 1.50. The molecule has 2 aromatic carbocycles. The topological polar surface area (TPSA) is 92.2 Å². The fourth-order valence-electron chi connectivity index (χ4n) is 4.41. The number of hydrogen-bond acceptors (Lipinski definition) is 8. The SMILES string of the molecule is Cc1cc(SCc2sc(-c3ccc(C(F)(F)F)cc3)nc2CN2CCN(C(=O)OC(C)(C)C)CC2)ccc1OC(C)C(=O)O. The lowest BCUT2D eigenvalue weighted by molar-refractivity contribution is -0.144. The number of carboxylic acids is 1.